The molecule has 128 valence electrons. The number of ether oxygens (including phenoxy) is 1. The summed E-state index contributed by atoms with van der Waals surface area (Å²) in [4.78, 5) is 12.8. The molecular weight excluding hydrogens is 380 g/mol. The number of carbonyl (C=O) groups is 1. The molecule has 1 saturated heterocycles. The Labute approximate surface area is 152 Å². The molecule has 0 radical (unpaired) electrons. The minimum absolute atomic E-state index is 0. The normalized spacial score (nSPS) is 31.3. The number of hydrogen-bond donors (Lipinski definition) is 2. The number of nitrogens with two attached hydrogens (primary N) is 1. The summed E-state index contributed by atoms with van der Waals surface area (Å²) in [6.07, 6.45) is 2.05. The minimum Gasteiger partial charge on any atom is -0.377 e. The van der Waals surface area contributed by atoms with E-state index < -0.39 is 5.54 Å². The maximum Gasteiger partial charge on any atom is 0.241 e. The van der Waals surface area contributed by atoms with Gasteiger partial charge in [-0.05, 0) is 30.5 Å². The Morgan fingerprint density at radius 3 is 2.91 bits per heavy atom. The molecule has 1 heterocycles. The van der Waals surface area contributed by atoms with Crippen molar-refractivity contribution in [3.8, 4) is 0 Å². The van der Waals surface area contributed by atoms with E-state index in [1.165, 1.54) is 0 Å². The van der Waals surface area contributed by atoms with Gasteiger partial charge >= 0.3 is 0 Å². The second-order valence-corrected chi connectivity index (χ2v) is 7.86. The first-order chi connectivity index (χ1) is 10.4. The molecule has 1 amide bonds. The van der Waals surface area contributed by atoms with Crippen LogP contribution in [-0.2, 0) is 16.1 Å². The summed E-state index contributed by atoms with van der Waals surface area (Å²) in [5.74, 6) is 0.0583. The zero-order valence-electron chi connectivity index (χ0n) is 13.5. The lowest BCUT2D eigenvalue weighted by molar-refractivity contribution is -0.225. The van der Waals surface area contributed by atoms with Gasteiger partial charge in [-0.25, -0.2) is 0 Å². The molecule has 0 bridgehead atoms. The van der Waals surface area contributed by atoms with Crippen LogP contribution in [0, 0.1) is 11.3 Å². The van der Waals surface area contributed by atoms with E-state index in [0.717, 1.165) is 29.5 Å². The third kappa shape index (κ3) is 2.93. The fourth-order valence-corrected chi connectivity index (χ4v) is 4.46. The van der Waals surface area contributed by atoms with Crippen molar-refractivity contribution in [1.29, 1.82) is 0 Å². The van der Waals surface area contributed by atoms with Crippen molar-refractivity contribution in [3.63, 3.8) is 0 Å². The second-order valence-electron chi connectivity index (χ2n) is 6.94. The molecule has 1 aromatic carbocycles. The summed E-state index contributed by atoms with van der Waals surface area (Å²) >= 11 is 3.44. The number of fused-ring (bicyclic) bond motifs is 1. The summed E-state index contributed by atoms with van der Waals surface area (Å²) in [6.45, 7) is 5.35. The van der Waals surface area contributed by atoms with Crippen LogP contribution >= 0.6 is 28.3 Å². The predicted molar refractivity (Wildman–Crippen MR) is 96.4 cm³/mol. The van der Waals surface area contributed by atoms with Crippen molar-refractivity contribution in [2.75, 3.05) is 6.61 Å². The van der Waals surface area contributed by atoms with Gasteiger partial charge in [0.05, 0.1) is 6.10 Å². The average molecular weight is 404 g/mol. The van der Waals surface area contributed by atoms with Crippen LogP contribution in [0.1, 0.15) is 32.3 Å². The largest absolute Gasteiger partial charge is 0.377 e. The van der Waals surface area contributed by atoms with Crippen LogP contribution in [0.3, 0.4) is 0 Å². The number of halogens is 2. The van der Waals surface area contributed by atoms with Crippen molar-refractivity contribution < 1.29 is 9.53 Å². The fraction of sp³-hybridized carbons (Fsp3) is 0.588. The molecule has 2 aliphatic rings. The van der Waals surface area contributed by atoms with Gasteiger partial charge < -0.3 is 15.8 Å². The summed E-state index contributed by atoms with van der Waals surface area (Å²) in [7, 11) is 0. The number of hydrogen-bond acceptors (Lipinski definition) is 3. The van der Waals surface area contributed by atoms with Crippen LogP contribution in [0.25, 0.3) is 0 Å². The number of nitrogens with one attached hydrogen (secondary N) is 1. The highest BCUT2D eigenvalue weighted by molar-refractivity contribution is 9.10. The summed E-state index contributed by atoms with van der Waals surface area (Å²) in [6, 6.07) is 7.92. The molecule has 23 heavy (non-hydrogen) atoms. The first-order valence-corrected chi connectivity index (χ1v) is 8.60. The molecule has 4 nitrogen and oxygen atoms in total. The Morgan fingerprint density at radius 1 is 1.48 bits per heavy atom. The summed E-state index contributed by atoms with van der Waals surface area (Å²) < 4.78 is 6.86. The van der Waals surface area contributed by atoms with E-state index in [-0.39, 0.29) is 35.8 Å². The van der Waals surface area contributed by atoms with Crippen molar-refractivity contribution in [2.45, 2.75) is 44.9 Å². The standard InChI is InChI=1S/C17H23BrN2O2.ClH/c1-16(2)14-13(7-4-8-22-14)17(16,19)15(21)20-10-11-5-3-6-12(18)9-11;/h3,5-6,9,13-14H,4,7-8,10,19H2,1-2H3,(H,20,21);1H. The van der Waals surface area contributed by atoms with Crippen LogP contribution in [0.2, 0.25) is 0 Å². The van der Waals surface area contributed by atoms with Crippen LogP contribution in [-0.4, -0.2) is 24.2 Å². The minimum atomic E-state index is -0.843. The molecule has 6 heteroatoms. The van der Waals surface area contributed by atoms with Gasteiger partial charge in [-0.1, -0.05) is 41.9 Å². The van der Waals surface area contributed by atoms with Gasteiger partial charge in [0.2, 0.25) is 5.91 Å². The molecule has 3 N–H and O–H groups in total. The van der Waals surface area contributed by atoms with Crippen LogP contribution in [0.15, 0.2) is 28.7 Å². The Balaban J connectivity index is 0.00000192. The van der Waals surface area contributed by atoms with E-state index in [9.17, 15) is 4.79 Å². The van der Waals surface area contributed by atoms with Crippen LogP contribution in [0.5, 0.6) is 0 Å². The maximum absolute atomic E-state index is 12.8. The highest BCUT2D eigenvalue weighted by Crippen LogP contribution is 2.57. The molecule has 1 saturated carbocycles. The third-order valence-corrected chi connectivity index (χ3v) is 5.90. The van der Waals surface area contributed by atoms with E-state index in [2.05, 4.69) is 21.2 Å². The van der Waals surface area contributed by atoms with E-state index in [0.29, 0.717) is 6.54 Å². The number of benzene rings is 1. The summed E-state index contributed by atoms with van der Waals surface area (Å²) in [5, 5.41) is 3.02. The average Bonchev–Trinajstić information content (AvgIpc) is 2.51. The number of carbonyl (C=O) groups excluding carboxylic acids is 1. The molecule has 3 rings (SSSR count). The van der Waals surface area contributed by atoms with Crippen molar-refractivity contribution >= 4 is 34.2 Å². The Hall–Kier alpha value is -0.620. The zero-order valence-corrected chi connectivity index (χ0v) is 15.9. The molecule has 1 aromatic rings. The third-order valence-electron chi connectivity index (χ3n) is 5.40. The van der Waals surface area contributed by atoms with Gasteiger partial charge in [-0.15, -0.1) is 12.4 Å². The van der Waals surface area contributed by atoms with Gasteiger partial charge in [-0.3, -0.25) is 4.79 Å². The number of amides is 1. The lowest BCUT2D eigenvalue weighted by atomic mass is 9.46. The van der Waals surface area contributed by atoms with E-state index in [1.54, 1.807) is 0 Å². The molecule has 3 atom stereocenters. The van der Waals surface area contributed by atoms with Gasteiger partial charge in [-0.2, -0.15) is 0 Å². The van der Waals surface area contributed by atoms with Gasteiger partial charge in [0.1, 0.15) is 5.54 Å². The highest BCUT2D eigenvalue weighted by Gasteiger charge is 2.70. The second kappa shape index (κ2) is 6.71. The highest BCUT2D eigenvalue weighted by atomic mass is 79.9. The van der Waals surface area contributed by atoms with E-state index in [1.807, 2.05) is 38.1 Å². The lowest BCUT2D eigenvalue weighted by Crippen LogP contribution is -2.82. The molecule has 1 aliphatic heterocycles. The SMILES string of the molecule is CC1(C)C2OCCCC2C1(N)C(=O)NCc1cccc(Br)c1.Cl. The topological polar surface area (TPSA) is 64.3 Å². The first kappa shape index (κ1) is 18.7. The van der Waals surface area contributed by atoms with Crippen molar-refractivity contribution in [2.24, 2.45) is 17.1 Å². The first-order valence-electron chi connectivity index (χ1n) is 7.80. The van der Waals surface area contributed by atoms with E-state index >= 15 is 0 Å². The van der Waals surface area contributed by atoms with Gasteiger partial charge in [0, 0.05) is 29.0 Å². The van der Waals surface area contributed by atoms with Crippen LogP contribution < -0.4 is 11.1 Å². The molecule has 0 spiro atoms. The molecular formula is C17H24BrClN2O2. The lowest BCUT2D eigenvalue weighted by Gasteiger charge is -2.65. The van der Waals surface area contributed by atoms with Crippen LogP contribution in [0.4, 0.5) is 0 Å². The quantitative estimate of drug-likeness (QED) is 0.815. The Kier molecular flexibility index (Phi) is 5.46. The van der Waals surface area contributed by atoms with E-state index in [4.69, 9.17) is 10.5 Å². The van der Waals surface area contributed by atoms with Gasteiger partial charge in [0.15, 0.2) is 0 Å². The Bertz CT molecular complexity index is 596. The predicted octanol–water partition coefficient (Wildman–Crippen LogP) is 3.02. The fourth-order valence-electron chi connectivity index (χ4n) is 4.01. The monoisotopic (exact) mass is 402 g/mol. The zero-order chi connectivity index (χ0) is 16.0. The maximum atomic E-state index is 12.8. The molecule has 3 unspecified atom stereocenters. The smallest absolute Gasteiger partial charge is 0.241 e. The Morgan fingerprint density at radius 2 is 2.22 bits per heavy atom. The number of rotatable bonds is 3. The molecule has 0 aromatic heterocycles. The summed E-state index contributed by atoms with van der Waals surface area (Å²) in [5.41, 5.74) is 6.45. The van der Waals surface area contributed by atoms with Crippen molar-refractivity contribution in [3.05, 3.63) is 34.3 Å². The molecule has 2 fully saturated rings. The van der Waals surface area contributed by atoms with Crippen molar-refractivity contribution in [1.82, 2.24) is 5.32 Å². The molecule has 1 aliphatic carbocycles. The van der Waals surface area contributed by atoms with Gasteiger partial charge in [0.25, 0.3) is 0 Å².